The van der Waals surface area contributed by atoms with Crippen LogP contribution < -0.4 is 0 Å². The van der Waals surface area contributed by atoms with Crippen molar-refractivity contribution in [3.05, 3.63) is 58.3 Å². The molecule has 3 aromatic rings. The van der Waals surface area contributed by atoms with Crippen LogP contribution in [0, 0.1) is 0 Å². The summed E-state index contributed by atoms with van der Waals surface area (Å²) < 4.78 is 5.83. The molecule has 1 aliphatic heterocycles. The van der Waals surface area contributed by atoms with Crippen LogP contribution in [-0.4, -0.2) is 46.2 Å². The maximum absolute atomic E-state index is 5.97. The summed E-state index contributed by atoms with van der Waals surface area (Å²) in [6.45, 7) is 5.87. The van der Waals surface area contributed by atoms with Crippen molar-refractivity contribution in [1.82, 2.24) is 20.0 Å². The highest BCUT2D eigenvalue weighted by Crippen LogP contribution is 2.23. The summed E-state index contributed by atoms with van der Waals surface area (Å²) in [6, 6.07) is 12.1. The molecule has 1 saturated heterocycles. The van der Waals surface area contributed by atoms with Crippen molar-refractivity contribution >= 4 is 22.9 Å². The topological polar surface area (TPSA) is 45.4 Å². The van der Waals surface area contributed by atoms with Crippen LogP contribution >= 0.6 is 22.9 Å². The monoisotopic (exact) mass is 388 g/mol. The molecule has 3 heterocycles. The van der Waals surface area contributed by atoms with Gasteiger partial charge in [0.25, 0.3) is 5.89 Å². The van der Waals surface area contributed by atoms with Gasteiger partial charge in [-0.15, -0.1) is 21.5 Å². The lowest BCUT2D eigenvalue weighted by Crippen LogP contribution is -2.30. The highest BCUT2D eigenvalue weighted by Gasteiger charge is 2.18. The number of hydrogen-bond donors (Lipinski definition) is 0. The van der Waals surface area contributed by atoms with E-state index in [1.54, 1.807) is 11.3 Å². The van der Waals surface area contributed by atoms with Gasteiger partial charge >= 0.3 is 0 Å². The van der Waals surface area contributed by atoms with Crippen molar-refractivity contribution in [3.8, 4) is 10.8 Å². The van der Waals surface area contributed by atoms with Crippen molar-refractivity contribution in [2.75, 3.05) is 26.2 Å². The fraction of sp³-hybridized carbons (Fsp3) is 0.368. The van der Waals surface area contributed by atoms with Gasteiger partial charge in [-0.3, -0.25) is 9.80 Å². The smallest absolute Gasteiger partial charge is 0.257 e. The Hall–Kier alpha value is -1.73. The van der Waals surface area contributed by atoms with Gasteiger partial charge in [0.1, 0.15) is 0 Å². The van der Waals surface area contributed by atoms with Gasteiger partial charge in [-0.05, 0) is 48.7 Å². The highest BCUT2D eigenvalue weighted by molar-refractivity contribution is 7.13. The summed E-state index contributed by atoms with van der Waals surface area (Å²) in [6.07, 6.45) is 1.14. The highest BCUT2D eigenvalue weighted by atomic mass is 35.5. The lowest BCUT2D eigenvalue weighted by Gasteiger charge is -2.21. The van der Waals surface area contributed by atoms with E-state index in [4.69, 9.17) is 16.0 Å². The molecular formula is C19H21ClN4OS. The zero-order valence-electron chi connectivity index (χ0n) is 14.5. The summed E-state index contributed by atoms with van der Waals surface area (Å²) in [5.74, 6) is 1.31. The number of nitrogens with zero attached hydrogens (tertiary/aromatic N) is 4. The van der Waals surface area contributed by atoms with Crippen LogP contribution in [0.25, 0.3) is 10.8 Å². The molecule has 0 saturated carbocycles. The predicted octanol–water partition coefficient (Wildman–Crippen LogP) is 4.16. The Bertz CT molecular complexity index is 818. The zero-order chi connectivity index (χ0) is 17.8. The fourth-order valence-corrected chi connectivity index (χ4v) is 3.97. The summed E-state index contributed by atoms with van der Waals surface area (Å²) in [5.41, 5.74) is 1.31. The molecule has 0 bridgehead atoms. The first kappa shape index (κ1) is 17.7. The summed E-state index contributed by atoms with van der Waals surface area (Å²) in [4.78, 5) is 5.91. The molecule has 1 aliphatic rings. The molecule has 5 nitrogen and oxygen atoms in total. The van der Waals surface area contributed by atoms with Crippen LogP contribution in [0.5, 0.6) is 0 Å². The number of thiophene rings is 1. The molecule has 0 aliphatic carbocycles. The molecule has 2 aromatic heterocycles. The van der Waals surface area contributed by atoms with Gasteiger partial charge in [0, 0.05) is 24.7 Å². The second kappa shape index (κ2) is 8.31. The van der Waals surface area contributed by atoms with Gasteiger partial charge in [0.15, 0.2) is 0 Å². The van der Waals surface area contributed by atoms with E-state index >= 15 is 0 Å². The lowest BCUT2D eigenvalue weighted by atomic mass is 10.2. The largest absolute Gasteiger partial charge is 0.419 e. The Balaban J connectivity index is 1.31. The van der Waals surface area contributed by atoms with Crippen molar-refractivity contribution in [3.63, 3.8) is 0 Å². The van der Waals surface area contributed by atoms with Gasteiger partial charge in [-0.1, -0.05) is 29.8 Å². The van der Waals surface area contributed by atoms with Crippen LogP contribution in [0.15, 0.2) is 46.2 Å². The lowest BCUT2D eigenvalue weighted by molar-refractivity contribution is 0.232. The van der Waals surface area contributed by atoms with E-state index < -0.39 is 0 Å². The molecule has 26 heavy (non-hydrogen) atoms. The number of halogens is 1. The van der Waals surface area contributed by atoms with Crippen LogP contribution in [0.1, 0.15) is 17.9 Å². The average molecular weight is 389 g/mol. The van der Waals surface area contributed by atoms with Gasteiger partial charge in [0.05, 0.1) is 11.4 Å². The van der Waals surface area contributed by atoms with E-state index in [0.29, 0.717) is 18.3 Å². The Morgan fingerprint density at radius 2 is 1.73 bits per heavy atom. The van der Waals surface area contributed by atoms with E-state index in [-0.39, 0.29) is 0 Å². The number of hydrogen-bond acceptors (Lipinski definition) is 6. The molecule has 1 fully saturated rings. The Labute approximate surface area is 162 Å². The van der Waals surface area contributed by atoms with Crippen molar-refractivity contribution in [1.29, 1.82) is 0 Å². The second-order valence-corrected chi connectivity index (χ2v) is 7.89. The molecule has 1 aromatic carbocycles. The summed E-state index contributed by atoms with van der Waals surface area (Å²) in [7, 11) is 0. The van der Waals surface area contributed by atoms with E-state index in [1.807, 2.05) is 29.6 Å². The van der Waals surface area contributed by atoms with Crippen molar-refractivity contribution in [2.45, 2.75) is 19.5 Å². The van der Waals surface area contributed by atoms with Gasteiger partial charge in [0.2, 0.25) is 5.89 Å². The van der Waals surface area contributed by atoms with Crippen LogP contribution in [0.4, 0.5) is 0 Å². The zero-order valence-corrected chi connectivity index (χ0v) is 16.0. The minimum Gasteiger partial charge on any atom is -0.419 e. The third kappa shape index (κ3) is 4.51. The van der Waals surface area contributed by atoms with Crippen molar-refractivity contribution < 1.29 is 4.42 Å². The quantitative estimate of drug-likeness (QED) is 0.656. The molecular weight excluding hydrogens is 368 g/mol. The molecule has 0 unspecified atom stereocenters. The predicted molar refractivity (Wildman–Crippen MR) is 104 cm³/mol. The second-order valence-electron chi connectivity index (χ2n) is 6.51. The molecule has 0 amide bonds. The third-order valence-electron chi connectivity index (χ3n) is 4.56. The van der Waals surface area contributed by atoms with Gasteiger partial charge in [-0.25, -0.2) is 0 Å². The van der Waals surface area contributed by atoms with Crippen molar-refractivity contribution in [2.24, 2.45) is 0 Å². The fourth-order valence-electron chi connectivity index (χ4n) is 3.20. The number of aromatic nitrogens is 2. The molecule has 4 rings (SSSR count). The molecule has 136 valence electrons. The van der Waals surface area contributed by atoms with Gasteiger partial charge in [-0.2, -0.15) is 0 Å². The molecule has 0 radical (unpaired) electrons. The van der Waals surface area contributed by atoms with E-state index in [2.05, 4.69) is 32.1 Å². The average Bonchev–Trinajstić information content (AvgIpc) is 3.28. The maximum Gasteiger partial charge on any atom is 0.257 e. The first-order valence-electron chi connectivity index (χ1n) is 8.82. The molecule has 0 spiro atoms. The first-order chi connectivity index (χ1) is 12.8. The third-order valence-corrected chi connectivity index (χ3v) is 5.67. The SMILES string of the molecule is Clc1ccc(CN2CCCN(Cc3nnc(-c4cccs4)o3)CC2)cc1. The first-order valence-corrected chi connectivity index (χ1v) is 10.1. The minimum atomic E-state index is 0.620. The van der Waals surface area contributed by atoms with E-state index in [0.717, 1.165) is 49.0 Å². The van der Waals surface area contributed by atoms with Crippen LogP contribution in [0.3, 0.4) is 0 Å². The number of benzene rings is 1. The summed E-state index contributed by atoms with van der Waals surface area (Å²) in [5, 5.41) is 11.2. The van der Waals surface area contributed by atoms with E-state index in [9.17, 15) is 0 Å². The van der Waals surface area contributed by atoms with Crippen LogP contribution in [-0.2, 0) is 13.1 Å². The Morgan fingerprint density at radius 1 is 0.962 bits per heavy atom. The molecule has 7 heteroatoms. The van der Waals surface area contributed by atoms with Crippen LogP contribution in [0.2, 0.25) is 5.02 Å². The van der Waals surface area contributed by atoms with Gasteiger partial charge < -0.3 is 4.42 Å². The normalized spacial score (nSPS) is 16.7. The minimum absolute atomic E-state index is 0.620. The molecule has 0 atom stereocenters. The number of rotatable bonds is 5. The summed E-state index contributed by atoms with van der Waals surface area (Å²) >= 11 is 7.59. The standard InChI is InChI=1S/C19H21ClN4OS/c20-16-6-4-15(5-7-16)13-23-8-2-9-24(11-10-23)14-18-21-22-19(25-18)17-3-1-12-26-17/h1,3-7,12H,2,8-11,13-14H2. The van der Waals surface area contributed by atoms with E-state index in [1.165, 1.54) is 5.56 Å². The Kier molecular flexibility index (Phi) is 5.65. The molecule has 0 N–H and O–H groups in total. The maximum atomic E-state index is 5.97. The Morgan fingerprint density at radius 3 is 2.46 bits per heavy atom.